The van der Waals surface area contributed by atoms with Crippen molar-refractivity contribution >= 4 is 65.6 Å². The van der Waals surface area contributed by atoms with Crippen molar-refractivity contribution in [3.8, 4) is 33.4 Å². The summed E-state index contributed by atoms with van der Waals surface area (Å²) in [6.07, 6.45) is 0. The molecule has 13 rings (SSSR count). The van der Waals surface area contributed by atoms with Crippen molar-refractivity contribution in [3.63, 3.8) is 0 Å². The molecular formula is C61H40N2S. The second kappa shape index (κ2) is 14.6. The molecule has 300 valence electrons. The average Bonchev–Trinajstić information content (AvgIpc) is 3.89. The quantitative estimate of drug-likeness (QED) is 0.165. The molecule has 2 nitrogen and oxygen atoms in total. The van der Waals surface area contributed by atoms with E-state index in [0.29, 0.717) is 0 Å². The molecule has 10 aromatic carbocycles. The Morgan fingerprint density at radius 3 is 1.70 bits per heavy atom. The first-order valence-corrected chi connectivity index (χ1v) is 22.8. The highest BCUT2D eigenvalue weighted by Gasteiger charge is 2.52. The fourth-order valence-corrected chi connectivity index (χ4v) is 11.9. The van der Waals surface area contributed by atoms with E-state index in [9.17, 15) is 0 Å². The number of rotatable bonds is 6. The fraction of sp³-hybridized carbons (Fsp3) is 0.0164. The van der Waals surface area contributed by atoms with Crippen LogP contribution in [0.4, 0.5) is 34.1 Å². The van der Waals surface area contributed by atoms with Gasteiger partial charge in [0.1, 0.15) is 0 Å². The zero-order valence-electron chi connectivity index (χ0n) is 34.9. The van der Waals surface area contributed by atoms with Crippen LogP contribution in [0.3, 0.4) is 0 Å². The first-order chi connectivity index (χ1) is 31.8. The standard InChI is InChI=1S/C61H40N2S/c1-3-17-41(18-4-1)42-33-36-46(37-34-42)62(47-22-15-19-43(39-47)44-35-38-59-50(40-44)48-23-8-14-32-58(48)64-59)57-31-16-28-54-60(57)49-24-7-9-25-51(49)61(54)52-26-10-12-29-55(52)63(45-20-5-2-6-21-45)56-30-13-11-27-53(56)61/h1-40H. The average molecular weight is 833 g/mol. The Bertz CT molecular complexity index is 3520. The van der Waals surface area contributed by atoms with Crippen LogP contribution in [-0.2, 0) is 5.41 Å². The van der Waals surface area contributed by atoms with Crippen molar-refractivity contribution in [2.45, 2.75) is 5.41 Å². The largest absolute Gasteiger partial charge is 0.310 e. The lowest BCUT2D eigenvalue weighted by Gasteiger charge is -2.45. The predicted molar refractivity (Wildman–Crippen MR) is 270 cm³/mol. The first-order valence-electron chi connectivity index (χ1n) is 22.0. The molecule has 11 aromatic rings. The van der Waals surface area contributed by atoms with Gasteiger partial charge in [-0.05, 0) is 123 Å². The molecule has 0 unspecified atom stereocenters. The molecule has 2 aliphatic rings. The molecule has 0 saturated heterocycles. The summed E-state index contributed by atoms with van der Waals surface area (Å²) in [5.41, 5.74) is 18.7. The topological polar surface area (TPSA) is 6.48 Å². The van der Waals surface area contributed by atoms with Crippen molar-refractivity contribution in [1.29, 1.82) is 0 Å². The number of anilines is 6. The maximum atomic E-state index is 2.49. The summed E-state index contributed by atoms with van der Waals surface area (Å²) in [6.45, 7) is 0. The van der Waals surface area contributed by atoms with Gasteiger partial charge in [-0.3, -0.25) is 0 Å². The summed E-state index contributed by atoms with van der Waals surface area (Å²) >= 11 is 1.86. The lowest BCUT2D eigenvalue weighted by Crippen LogP contribution is -2.36. The summed E-state index contributed by atoms with van der Waals surface area (Å²) in [6, 6.07) is 89.6. The molecule has 64 heavy (non-hydrogen) atoms. The van der Waals surface area contributed by atoms with E-state index in [0.717, 1.165) is 22.7 Å². The van der Waals surface area contributed by atoms with E-state index in [1.54, 1.807) is 0 Å². The molecule has 0 N–H and O–H groups in total. The normalized spacial score (nSPS) is 13.1. The SMILES string of the molecule is c1ccc(-c2ccc(N(c3cccc(-c4ccc5sc6ccccc6c5c4)c3)c3cccc4c3-c3ccccc3C43c4ccccc4N(c4ccccc4)c4ccccc43)cc2)cc1. The molecule has 1 spiro atoms. The van der Waals surface area contributed by atoms with E-state index >= 15 is 0 Å². The van der Waals surface area contributed by atoms with Gasteiger partial charge in [0.05, 0.1) is 22.5 Å². The van der Waals surface area contributed by atoms with Crippen LogP contribution < -0.4 is 9.80 Å². The molecule has 0 atom stereocenters. The van der Waals surface area contributed by atoms with Crippen LogP contribution in [0.1, 0.15) is 22.3 Å². The lowest BCUT2D eigenvalue weighted by atomic mass is 9.64. The van der Waals surface area contributed by atoms with E-state index in [2.05, 4.69) is 252 Å². The number of fused-ring (bicyclic) bond motifs is 12. The highest BCUT2D eigenvalue weighted by atomic mass is 32.1. The van der Waals surface area contributed by atoms with E-state index < -0.39 is 5.41 Å². The van der Waals surface area contributed by atoms with Crippen LogP contribution in [0, 0.1) is 0 Å². The van der Waals surface area contributed by atoms with Crippen LogP contribution in [0.5, 0.6) is 0 Å². The van der Waals surface area contributed by atoms with Crippen LogP contribution in [0.25, 0.3) is 53.6 Å². The number of hydrogen-bond donors (Lipinski definition) is 0. The molecular weight excluding hydrogens is 793 g/mol. The first kappa shape index (κ1) is 36.7. The van der Waals surface area contributed by atoms with Gasteiger partial charge in [-0.2, -0.15) is 0 Å². The van der Waals surface area contributed by atoms with Gasteiger partial charge in [-0.15, -0.1) is 11.3 Å². The fourth-order valence-electron chi connectivity index (χ4n) is 10.8. The van der Waals surface area contributed by atoms with Gasteiger partial charge in [-0.25, -0.2) is 0 Å². The Labute approximate surface area is 377 Å². The molecule has 2 heterocycles. The Morgan fingerprint density at radius 1 is 0.359 bits per heavy atom. The van der Waals surface area contributed by atoms with Crippen molar-refractivity contribution < 1.29 is 0 Å². The number of nitrogens with zero attached hydrogens (tertiary/aromatic N) is 2. The Kier molecular flexibility index (Phi) is 8.34. The molecule has 3 heteroatoms. The van der Waals surface area contributed by atoms with Crippen molar-refractivity contribution in [2.24, 2.45) is 0 Å². The van der Waals surface area contributed by atoms with E-state index in [1.165, 1.54) is 87.2 Å². The highest BCUT2D eigenvalue weighted by molar-refractivity contribution is 7.25. The Balaban J connectivity index is 1.05. The van der Waals surface area contributed by atoms with Gasteiger partial charge in [0.2, 0.25) is 0 Å². The molecule has 1 aliphatic heterocycles. The van der Waals surface area contributed by atoms with Gasteiger partial charge >= 0.3 is 0 Å². The monoisotopic (exact) mass is 832 g/mol. The van der Waals surface area contributed by atoms with Crippen LogP contribution in [0.2, 0.25) is 0 Å². The summed E-state index contributed by atoms with van der Waals surface area (Å²) in [5.74, 6) is 0. The van der Waals surface area contributed by atoms with Crippen molar-refractivity contribution in [1.82, 2.24) is 0 Å². The number of thiophene rings is 1. The van der Waals surface area contributed by atoms with E-state index in [1.807, 2.05) is 11.3 Å². The van der Waals surface area contributed by atoms with Gasteiger partial charge in [0, 0.05) is 42.8 Å². The van der Waals surface area contributed by atoms with Crippen LogP contribution >= 0.6 is 11.3 Å². The number of para-hydroxylation sites is 3. The van der Waals surface area contributed by atoms with Gasteiger partial charge < -0.3 is 9.80 Å². The van der Waals surface area contributed by atoms with Crippen molar-refractivity contribution in [3.05, 3.63) is 265 Å². The second-order valence-electron chi connectivity index (χ2n) is 16.8. The van der Waals surface area contributed by atoms with E-state index in [4.69, 9.17) is 0 Å². The molecule has 0 amide bonds. The third-order valence-electron chi connectivity index (χ3n) is 13.4. The summed E-state index contributed by atoms with van der Waals surface area (Å²) in [4.78, 5) is 4.94. The second-order valence-corrected chi connectivity index (χ2v) is 17.9. The van der Waals surface area contributed by atoms with Gasteiger partial charge in [-0.1, -0.05) is 170 Å². The minimum atomic E-state index is -0.566. The summed E-state index contributed by atoms with van der Waals surface area (Å²) in [7, 11) is 0. The van der Waals surface area contributed by atoms with Gasteiger partial charge in [0.25, 0.3) is 0 Å². The number of hydrogen-bond acceptors (Lipinski definition) is 3. The maximum absolute atomic E-state index is 2.49. The third-order valence-corrected chi connectivity index (χ3v) is 14.6. The Hall–Kier alpha value is -7.98. The van der Waals surface area contributed by atoms with Gasteiger partial charge in [0.15, 0.2) is 0 Å². The smallest absolute Gasteiger partial charge is 0.0755 e. The van der Waals surface area contributed by atoms with Crippen LogP contribution in [-0.4, -0.2) is 0 Å². The molecule has 0 saturated carbocycles. The highest BCUT2D eigenvalue weighted by Crippen LogP contribution is 2.65. The minimum Gasteiger partial charge on any atom is -0.310 e. The molecule has 0 radical (unpaired) electrons. The van der Waals surface area contributed by atoms with Crippen molar-refractivity contribution in [2.75, 3.05) is 9.80 Å². The summed E-state index contributed by atoms with van der Waals surface area (Å²) in [5, 5.41) is 2.62. The number of benzene rings is 10. The lowest BCUT2D eigenvalue weighted by molar-refractivity contribution is 0.752. The molecule has 1 aliphatic carbocycles. The van der Waals surface area contributed by atoms with E-state index in [-0.39, 0.29) is 0 Å². The third kappa shape index (κ3) is 5.44. The molecule has 1 aromatic heterocycles. The zero-order valence-corrected chi connectivity index (χ0v) is 35.7. The predicted octanol–water partition coefficient (Wildman–Crippen LogP) is 17.0. The Morgan fingerprint density at radius 2 is 0.922 bits per heavy atom. The molecule has 0 fully saturated rings. The summed E-state index contributed by atoms with van der Waals surface area (Å²) < 4.78 is 2.63. The maximum Gasteiger partial charge on any atom is 0.0755 e. The minimum absolute atomic E-state index is 0.566. The molecule has 0 bridgehead atoms. The zero-order chi connectivity index (χ0) is 42.2. The van der Waals surface area contributed by atoms with Crippen LogP contribution in [0.15, 0.2) is 243 Å².